The van der Waals surface area contributed by atoms with Crippen LogP contribution in [0, 0.1) is 0 Å². The number of halogens is 3. The van der Waals surface area contributed by atoms with Crippen molar-refractivity contribution in [3.8, 4) is 28.5 Å². The molecule has 0 aliphatic rings. The highest BCUT2D eigenvalue weighted by Crippen LogP contribution is 2.32. The van der Waals surface area contributed by atoms with E-state index in [1.165, 1.54) is 11.3 Å². The lowest BCUT2D eigenvalue weighted by Crippen LogP contribution is -1.94. The highest BCUT2D eigenvalue weighted by molar-refractivity contribution is 7.09. The van der Waals surface area contributed by atoms with Crippen molar-refractivity contribution in [2.75, 3.05) is 0 Å². The van der Waals surface area contributed by atoms with Gasteiger partial charge in [0, 0.05) is 27.1 Å². The van der Waals surface area contributed by atoms with Crippen LogP contribution in [0.1, 0.15) is 5.01 Å². The number of thiazole rings is 1. The average molecular weight is 438 g/mol. The molecule has 0 atom stereocenters. The van der Waals surface area contributed by atoms with Crippen LogP contribution in [0.5, 0.6) is 5.75 Å². The molecule has 0 radical (unpaired) electrons. The van der Waals surface area contributed by atoms with Crippen molar-refractivity contribution in [1.82, 2.24) is 10.1 Å². The highest BCUT2D eigenvalue weighted by atomic mass is 35.5. The van der Waals surface area contributed by atoms with E-state index >= 15 is 0 Å². The maximum Gasteiger partial charge on any atom is 0.186 e. The Morgan fingerprint density at radius 1 is 0.926 bits per heavy atom. The van der Waals surface area contributed by atoms with E-state index in [0.29, 0.717) is 38.8 Å². The number of rotatable bonds is 5. The Hall–Kier alpha value is -2.05. The predicted octanol–water partition coefficient (Wildman–Crippen LogP) is 7.00. The zero-order valence-electron chi connectivity index (χ0n) is 13.7. The summed E-state index contributed by atoms with van der Waals surface area (Å²) < 4.78 is 11.1. The largest absolute Gasteiger partial charge is 0.486 e. The highest BCUT2D eigenvalue weighted by Gasteiger charge is 2.14. The van der Waals surface area contributed by atoms with Crippen LogP contribution in [-0.2, 0) is 6.61 Å². The molecule has 2 aromatic carbocycles. The Balaban J connectivity index is 1.48. The fourth-order valence-corrected chi connectivity index (χ4v) is 3.71. The SMILES string of the molecule is Clc1ccc(OCc2nc(-c3cc(-c4ccc(Cl)cc4Cl)no3)cs2)cc1. The molecule has 2 heterocycles. The summed E-state index contributed by atoms with van der Waals surface area (Å²) in [6.07, 6.45) is 0. The first kappa shape index (κ1) is 18.3. The van der Waals surface area contributed by atoms with Crippen LogP contribution in [0.15, 0.2) is 58.4 Å². The van der Waals surface area contributed by atoms with Crippen molar-refractivity contribution in [1.29, 1.82) is 0 Å². The van der Waals surface area contributed by atoms with Crippen LogP contribution >= 0.6 is 46.1 Å². The Morgan fingerprint density at radius 2 is 1.70 bits per heavy atom. The minimum absolute atomic E-state index is 0.357. The molecule has 0 aliphatic heterocycles. The van der Waals surface area contributed by atoms with Gasteiger partial charge in [-0.2, -0.15) is 0 Å². The number of ether oxygens (including phenoxy) is 1. The first-order valence-electron chi connectivity index (χ1n) is 7.84. The quantitative estimate of drug-likeness (QED) is 0.337. The lowest BCUT2D eigenvalue weighted by atomic mass is 10.1. The first-order chi connectivity index (χ1) is 13.1. The molecule has 27 heavy (non-hydrogen) atoms. The molecular formula is C19H11Cl3N2O2S. The van der Waals surface area contributed by atoms with Crippen LogP contribution in [0.25, 0.3) is 22.7 Å². The van der Waals surface area contributed by atoms with E-state index in [2.05, 4.69) is 10.1 Å². The molecular weight excluding hydrogens is 427 g/mol. The summed E-state index contributed by atoms with van der Waals surface area (Å²) in [5, 5.41) is 8.55. The van der Waals surface area contributed by atoms with Crippen molar-refractivity contribution in [3.63, 3.8) is 0 Å². The van der Waals surface area contributed by atoms with Gasteiger partial charge in [-0.15, -0.1) is 11.3 Å². The molecule has 4 nitrogen and oxygen atoms in total. The Kier molecular flexibility index (Phi) is 5.36. The third-order valence-electron chi connectivity index (χ3n) is 3.70. The minimum atomic E-state index is 0.357. The molecule has 2 aromatic heterocycles. The van der Waals surface area contributed by atoms with Crippen LogP contribution in [0.4, 0.5) is 0 Å². The fourth-order valence-electron chi connectivity index (χ4n) is 2.39. The first-order valence-corrected chi connectivity index (χ1v) is 9.85. The lowest BCUT2D eigenvalue weighted by molar-refractivity contribution is 0.305. The van der Waals surface area contributed by atoms with Crippen LogP contribution in [-0.4, -0.2) is 10.1 Å². The van der Waals surface area contributed by atoms with Gasteiger partial charge in [-0.3, -0.25) is 0 Å². The maximum absolute atomic E-state index is 6.23. The van der Waals surface area contributed by atoms with Gasteiger partial charge < -0.3 is 9.26 Å². The van der Waals surface area contributed by atoms with E-state index in [4.69, 9.17) is 44.1 Å². The van der Waals surface area contributed by atoms with E-state index in [-0.39, 0.29) is 0 Å². The summed E-state index contributed by atoms with van der Waals surface area (Å²) in [6, 6.07) is 14.2. The predicted molar refractivity (Wildman–Crippen MR) is 109 cm³/mol. The zero-order chi connectivity index (χ0) is 18.8. The summed E-state index contributed by atoms with van der Waals surface area (Å²) in [7, 11) is 0. The smallest absolute Gasteiger partial charge is 0.186 e. The molecule has 4 rings (SSSR count). The maximum atomic E-state index is 6.23. The number of hydrogen-bond donors (Lipinski definition) is 0. The normalized spacial score (nSPS) is 10.9. The lowest BCUT2D eigenvalue weighted by Gasteiger charge is -2.03. The second-order valence-corrected chi connectivity index (χ2v) is 7.79. The fraction of sp³-hybridized carbons (Fsp3) is 0.0526. The van der Waals surface area contributed by atoms with Gasteiger partial charge in [0.05, 0.1) is 5.02 Å². The van der Waals surface area contributed by atoms with Gasteiger partial charge in [-0.1, -0.05) is 40.0 Å². The van der Waals surface area contributed by atoms with E-state index in [0.717, 1.165) is 16.3 Å². The van der Waals surface area contributed by atoms with Crippen LogP contribution in [0.2, 0.25) is 15.1 Å². The molecule has 0 spiro atoms. The Labute approximate surface area is 174 Å². The monoisotopic (exact) mass is 436 g/mol. The van der Waals surface area contributed by atoms with E-state index in [1.807, 2.05) is 17.5 Å². The Morgan fingerprint density at radius 3 is 2.48 bits per heavy atom. The van der Waals surface area contributed by atoms with Crippen LogP contribution in [0.3, 0.4) is 0 Å². The van der Waals surface area contributed by atoms with Gasteiger partial charge in [0.1, 0.15) is 28.8 Å². The number of hydrogen-bond acceptors (Lipinski definition) is 5. The third kappa shape index (κ3) is 4.28. The molecule has 4 aromatic rings. The number of nitrogens with zero attached hydrogens (tertiary/aromatic N) is 2. The Bertz CT molecular complexity index is 1080. The third-order valence-corrected chi connectivity index (χ3v) is 5.32. The molecule has 0 saturated heterocycles. The molecule has 0 saturated carbocycles. The van der Waals surface area contributed by atoms with E-state index in [1.54, 1.807) is 36.4 Å². The molecule has 136 valence electrons. The molecule has 0 N–H and O–H groups in total. The van der Waals surface area contributed by atoms with E-state index < -0.39 is 0 Å². The summed E-state index contributed by atoms with van der Waals surface area (Å²) in [5.74, 6) is 1.29. The standard InChI is InChI=1S/C19H11Cl3N2O2S/c20-11-1-4-13(5-2-11)25-9-19-23-17(10-27-19)18-8-16(24-26-18)14-6-3-12(21)7-15(14)22/h1-8,10H,9H2. The van der Waals surface area contributed by atoms with Gasteiger partial charge in [-0.25, -0.2) is 4.98 Å². The van der Waals surface area contributed by atoms with Gasteiger partial charge in [0.25, 0.3) is 0 Å². The van der Waals surface area contributed by atoms with Gasteiger partial charge in [0.15, 0.2) is 5.76 Å². The topological polar surface area (TPSA) is 48.2 Å². The number of benzene rings is 2. The van der Waals surface area contributed by atoms with Gasteiger partial charge in [-0.05, 0) is 42.5 Å². The minimum Gasteiger partial charge on any atom is -0.486 e. The van der Waals surface area contributed by atoms with E-state index in [9.17, 15) is 0 Å². The molecule has 0 unspecified atom stereocenters. The second kappa shape index (κ2) is 7.90. The van der Waals surface area contributed by atoms with Crippen molar-refractivity contribution in [3.05, 3.63) is 74.0 Å². The van der Waals surface area contributed by atoms with Gasteiger partial charge in [0.2, 0.25) is 0 Å². The summed E-state index contributed by atoms with van der Waals surface area (Å²) in [5.41, 5.74) is 2.06. The molecule has 0 fully saturated rings. The summed E-state index contributed by atoms with van der Waals surface area (Å²) in [6.45, 7) is 0.357. The molecule has 8 heteroatoms. The van der Waals surface area contributed by atoms with Crippen molar-refractivity contribution in [2.45, 2.75) is 6.61 Å². The second-order valence-electron chi connectivity index (χ2n) is 5.57. The number of aromatic nitrogens is 2. The van der Waals surface area contributed by atoms with Crippen LogP contribution < -0.4 is 4.74 Å². The van der Waals surface area contributed by atoms with Gasteiger partial charge >= 0.3 is 0 Å². The summed E-state index contributed by atoms with van der Waals surface area (Å²) >= 11 is 19.5. The average Bonchev–Trinajstić information content (AvgIpc) is 3.30. The molecule has 0 amide bonds. The summed E-state index contributed by atoms with van der Waals surface area (Å²) in [4.78, 5) is 4.54. The van der Waals surface area contributed by atoms with Crippen molar-refractivity contribution >= 4 is 46.1 Å². The van der Waals surface area contributed by atoms with Crippen molar-refractivity contribution in [2.24, 2.45) is 0 Å². The molecule has 0 aliphatic carbocycles. The zero-order valence-corrected chi connectivity index (χ0v) is 16.7. The molecule has 0 bridgehead atoms. The van der Waals surface area contributed by atoms with Crippen molar-refractivity contribution < 1.29 is 9.26 Å².